The molecule has 9 nitrogen and oxygen atoms in total. The van der Waals surface area contributed by atoms with Gasteiger partial charge in [-0.15, -0.1) is 0 Å². The number of hydrogen-bond donors (Lipinski definition) is 3. The van der Waals surface area contributed by atoms with E-state index in [0.717, 1.165) is 24.4 Å². The van der Waals surface area contributed by atoms with Gasteiger partial charge in [0, 0.05) is 32.7 Å². The van der Waals surface area contributed by atoms with Crippen molar-refractivity contribution in [1.82, 2.24) is 9.97 Å². The number of β-amino-alcohol motifs (C(OH)–C–C–N with tert-alkyl or cyclic N) is 1. The molecular weight excluding hydrogens is 384 g/mol. The van der Waals surface area contributed by atoms with Gasteiger partial charge >= 0.3 is 0 Å². The first kappa shape index (κ1) is 20.5. The third kappa shape index (κ3) is 4.52. The van der Waals surface area contributed by atoms with Crippen LogP contribution in [-0.4, -0.2) is 67.2 Å². The highest BCUT2D eigenvalue weighted by Crippen LogP contribution is 2.34. The molecule has 2 fully saturated rings. The molecule has 0 bridgehead atoms. The molecule has 0 radical (unpaired) electrons. The zero-order valence-electron chi connectivity index (χ0n) is 17.6. The van der Waals surface area contributed by atoms with Crippen LogP contribution in [0.5, 0.6) is 5.75 Å². The van der Waals surface area contributed by atoms with Gasteiger partial charge in [0.2, 0.25) is 5.95 Å². The number of nitrogens with zero attached hydrogens (tertiary/aromatic N) is 4. The van der Waals surface area contributed by atoms with Gasteiger partial charge in [-0.2, -0.15) is 9.97 Å². The maximum Gasteiger partial charge on any atom is 0.229 e. The molecule has 0 unspecified atom stereocenters. The minimum atomic E-state index is -0.743. The van der Waals surface area contributed by atoms with Crippen molar-refractivity contribution in [3.63, 3.8) is 0 Å². The molecule has 9 heteroatoms. The average Bonchev–Trinajstić information content (AvgIpc) is 3.13. The molecule has 2 saturated heterocycles. The Hall–Kier alpha value is -2.78. The summed E-state index contributed by atoms with van der Waals surface area (Å²) in [6, 6.07) is 7.86. The number of morpholine rings is 1. The van der Waals surface area contributed by atoms with Gasteiger partial charge in [-0.1, -0.05) is 12.1 Å². The van der Waals surface area contributed by atoms with E-state index >= 15 is 0 Å². The van der Waals surface area contributed by atoms with Gasteiger partial charge in [0.05, 0.1) is 25.9 Å². The van der Waals surface area contributed by atoms with Gasteiger partial charge in [-0.25, -0.2) is 0 Å². The smallest absolute Gasteiger partial charge is 0.229 e. The highest BCUT2D eigenvalue weighted by atomic mass is 16.5. The SMILES string of the molecule is COc1ccc(CNc2nc(N3CCOCC3)nc(N3CC[C@](C)(O)C3)c2N)cc1. The van der Waals surface area contributed by atoms with Crippen LogP contribution in [0.25, 0.3) is 0 Å². The van der Waals surface area contributed by atoms with Crippen molar-refractivity contribution in [2.24, 2.45) is 0 Å². The number of nitrogens with two attached hydrogens (primary N) is 1. The molecule has 4 rings (SSSR count). The Balaban J connectivity index is 1.60. The first-order chi connectivity index (χ1) is 14.4. The lowest BCUT2D eigenvalue weighted by atomic mass is 10.1. The van der Waals surface area contributed by atoms with Crippen molar-refractivity contribution < 1.29 is 14.6 Å². The van der Waals surface area contributed by atoms with Crippen molar-refractivity contribution >= 4 is 23.3 Å². The van der Waals surface area contributed by atoms with Crippen molar-refractivity contribution in [3.05, 3.63) is 29.8 Å². The highest BCUT2D eigenvalue weighted by Gasteiger charge is 2.34. The van der Waals surface area contributed by atoms with Crippen LogP contribution in [0.15, 0.2) is 24.3 Å². The Bertz CT molecular complexity index is 868. The van der Waals surface area contributed by atoms with Crippen molar-refractivity contribution in [2.45, 2.75) is 25.5 Å². The minimum Gasteiger partial charge on any atom is -0.497 e. The first-order valence-corrected chi connectivity index (χ1v) is 10.3. The van der Waals surface area contributed by atoms with Crippen LogP contribution in [0, 0.1) is 0 Å². The molecular formula is C21H30N6O3. The molecule has 1 atom stereocenters. The summed E-state index contributed by atoms with van der Waals surface area (Å²) < 4.78 is 10.7. The molecule has 0 spiro atoms. The molecule has 0 amide bonds. The van der Waals surface area contributed by atoms with E-state index in [2.05, 4.69) is 10.2 Å². The van der Waals surface area contributed by atoms with Gasteiger partial charge in [-0.05, 0) is 31.0 Å². The van der Waals surface area contributed by atoms with E-state index in [4.69, 9.17) is 25.2 Å². The number of aromatic nitrogens is 2. The Morgan fingerprint density at radius 3 is 2.53 bits per heavy atom. The average molecular weight is 415 g/mol. The molecule has 4 N–H and O–H groups in total. The minimum absolute atomic E-state index is 0.495. The van der Waals surface area contributed by atoms with Crippen LogP contribution in [0.3, 0.4) is 0 Å². The van der Waals surface area contributed by atoms with Gasteiger partial charge in [0.1, 0.15) is 11.4 Å². The number of aliphatic hydroxyl groups is 1. The maximum atomic E-state index is 10.4. The van der Waals surface area contributed by atoms with Crippen LogP contribution in [-0.2, 0) is 11.3 Å². The monoisotopic (exact) mass is 414 g/mol. The predicted molar refractivity (Wildman–Crippen MR) is 117 cm³/mol. The van der Waals surface area contributed by atoms with Gasteiger partial charge in [0.15, 0.2) is 11.6 Å². The molecule has 1 aromatic carbocycles. The van der Waals surface area contributed by atoms with Gasteiger partial charge in [-0.3, -0.25) is 0 Å². The van der Waals surface area contributed by atoms with E-state index < -0.39 is 5.60 Å². The van der Waals surface area contributed by atoms with E-state index in [9.17, 15) is 5.11 Å². The zero-order valence-corrected chi connectivity index (χ0v) is 17.6. The fraction of sp³-hybridized carbons (Fsp3) is 0.524. The Morgan fingerprint density at radius 2 is 1.90 bits per heavy atom. The molecule has 2 aliphatic heterocycles. The third-order valence-corrected chi connectivity index (χ3v) is 5.58. The summed E-state index contributed by atoms with van der Waals surface area (Å²) in [6.07, 6.45) is 0.679. The Kier molecular flexibility index (Phi) is 5.83. The van der Waals surface area contributed by atoms with Crippen molar-refractivity contribution in [3.8, 4) is 5.75 Å². The molecule has 2 aliphatic rings. The molecule has 30 heavy (non-hydrogen) atoms. The predicted octanol–water partition coefficient (Wildman–Crippen LogP) is 1.48. The van der Waals surface area contributed by atoms with Crippen LogP contribution in [0.2, 0.25) is 0 Å². The second-order valence-corrected chi connectivity index (χ2v) is 8.08. The fourth-order valence-corrected chi connectivity index (χ4v) is 3.78. The Labute approximate surface area is 176 Å². The Morgan fingerprint density at radius 1 is 1.17 bits per heavy atom. The summed E-state index contributed by atoms with van der Waals surface area (Å²) in [5.74, 6) is 2.72. The normalized spacial score (nSPS) is 21.7. The topological polar surface area (TPSA) is 109 Å². The molecule has 1 aromatic heterocycles. The number of anilines is 4. The van der Waals surface area contributed by atoms with E-state index in [1.807, 2.05) is 36.1 Å². The summed E-state index contributed by atoms with van der Waals surface area (Å²) in [6.45, 7) is 6.38. The van der Waals surface area contributed by atoms with Gasteiger partial charge in [0.25, 0.3) is 0 Å². The first-order valence-electron chi connectivity index (χ1n) is 10.3. The summed E-state index contributed by atoms with van der Waals surface area (Å²) in [5, 5.41) is 13.8. The lowest BCUT2D eigenvalue weighted by Gasteiger charge is -2.29. The number of nitrogens with one attached hydrogen (secondary N) is 1. The second kappa shape index (κ2) is 8.53. The fourth-order valence-electron chi connectivity index (χ4n) is 3.78. The maximum absolute atomic E-state index is 10.4. The standard InChI is InChI=1S/C21H30N6O3/c1-21(28)7-8-27(14-21)19-17(22)18(23-13-15-3-5-16(29-2)6-4-15)24-20(25-19)26-9-11-30-12-10-26/h3-6,28H,7-14,22H2,1-2H3,(H,23,24,25)/t21-/m0/s1. The quantitative estimate of drug-likeness (QED) is 0.647. The van der Waals surface area contributed by atoms with E-state index in [1.54, 1.807) is 7.11 Å². The largest absolute Gasteiger partial charge is 0.497 e. The van der Waals surface area contributed by atoms with Crippen LogP contribution in [0.1, 0.15) is 18.9 Å². The molecule has 3 heterocycles. The number of hydrogen-bond acceptors (Lipinski definition) is 9. The third-order valence-electron chi connectivity index (χ3n) is 5.58. The summed E-state index contributed by atoms with van der Waals surface area (Å²) in [7, 11) is 1.65. The summed E-state index contributed by atoms with van der Waals surface area (Å²) >= 11 is 0. The zero-order chi connectivity index (χ0) is 21.1. The molecule has 0 saturated carbocycles. The van der Waals surface area contributed by atoms with Crippen molar-refractivity contribution in [1.29, 1.82) is 0 Å². The second-order valence-electron chi connectivity index (χ2n) is 8.08. The number of benzene rings is 1. The van der Waals surface area contributed by atoms with E-state index in [0.29, 0.717) is 62.5 Å². The lowest BCUT2D eigenvalue weighted by molar-refractivity contribution is 0.0839. The summed E-state index contributed by atoms with van der Waals surface area (Å²) in [5.41, 5.74) is 7.33. The lowest BCUT2D eigenvalue weighted by Crippen LogP contribution is -2.38. The van der Waals surface area contributed by atoms with Gasteiger partial charge < -0.3 is 35.4 Å². The van der Waals surface area contributed by atoms with Crippen molar-refractivity contribution in [2.75, 3.05) is 67.4 Å². The van der Waals surface area contributed by atoms with Crippen LogP contribution < -0.4 is 25.6 Å². The summed E-state index contributed by atoms with van der Waals surface area (Å²) in [4.78, 5) is 13.6. The molecule has 0 aliphatic carbocycles. The number of rotatable bonds is 6. The number of ether oxygens (including phenoxy) is 2. The number of nitrogen functional groups attached to an aromatic ring is 1. The van der Waals surface area contributed by atoms with Crippen LogP contribution >= 0.6 is 0 Å². The highest BCUT2D eigenvalue weighted by molar-refractivity contribution is 5.77. The molecule has 162 valence electrons. The number of methoxy groups -OCH3 is 1. The van der Waals surface area contributed by atoms with E-state index in [-0.39, 0.29) is 0 Å². The van der Waals surface area contributed by atoms with Crippen LogP contribution in [0.4, 0.5) is 23.3 Å². The van der Waals surface area contributed by atoms with E-state index in [1.165, 1.54) is 0 Å². The molecule has 2 aromatic rings.